The molecule has 5 nitrogen and oxygen atoms in total. The molecule has 1 aromatic carbocycles. The van der Waals surface area contributed by atoms with Crippen LogP contribution in [0.3, 0.4) is 0 Å². The third-order valence-corrected chi connectivity index (χ3v) is 4.84. The molecule has 0 radical (unpaired) electrons. The molecule has 1 saturated heterocycles. The van der Waals surface area contributed by atoms with Crippen LogP contribution in [0.1, 0.15) is 40.4 Å². The number of hydrogen-bond acceptors (Lipinski definition) is 2. The van der Waals surface area contributed by atoms with E-state index in [9.17, 15) is 22.8 Å². The highest BCUT2D eigenvalue weighted by Gasteiger charge is 2.33. The molecular weight excluding hydrogens is 347 g/mol. The predicted molar refractivity (Wildman–Crippen MR) is 90.2 cm³/mol. The van der Waals surface area contributed by atoms with Gasteiger partial charge in [0.15, 0.2) is 17.5 Å². The van der Waals surface area contributed by atoms with Gasteiger partial charge in [0.05, 0.1) is 5.52 Å². The number of benzene rings is 1. The molecule has 0 bridgehead atoms. The summed E-state index contributed by atoms with van der Waals surface area (Å²) in [6.45, 7) is 5.39. The molecule has 2 heterocycles. The molecule has 3 N–H and O–H groups in total. The summed E-state index contributed by atoms with van der Waals surface area (Å²) in [6, 6.07) is 0. The summed E-state index contributed by atoms with van der Waals surface area (Å²) in [7, 11) is 0. The van der Waals surface area contributed by atoms with E-state index in [0.717, 1.165) is 6.08 Å². The second kappa shape index (κ2) is 6.51. The van der Waals surface area contributed by atoms with Crippen LogP contribution in [-0.2, 0) is 4.79 Å². The molecule has 1 aliphatic heterocycles. The number of aryl methyl sites for hydroxylation is 1. The largest absolute Gasteiger partial charge is 0.365 e. The number of fused-ring (bicyclic) bond motifs is 1. The number of H-pyrrole nitrogens is 1. The van der Waals surface area contributed by atoms with Gasteiger partial charge in [0.25, 0.3) is 5.91 Å². The van der Waals surface area contributed by atoms with Gasteiger partial charge in [0, 0.05) is 35.7 Å². The van der Waals surface area contributed by atoms with Crippen molar-refractivity contribution >= 4 is 22.7 Å². The Hall–Kier alpha value is -2.77. The fourth-order valence-electron chi connectivity index (χ4n) is 3.65. The molecule has 0 saturated carbocycles. The lowest BCUT2D eigenvalue weighted by atomic mass is 9.86. The first-order chi connectivity index (χ1) is 12.3. The van der Waals surface area contributed by atoms with Crippen molar-refractivity contribution in [3.05, 3.63) is 46.9 Å². The fraction of sp³-hybridized carbons (Fsp3) is 0.333. The average Bonchev–Trinajstić information content (AvgIpc) is 2.89. The number of nitrogens with two attached hydrogens (primary N) is 1. The van der Waals surface area contributed by atoms with E-state index in [2.05, 4.69) is 11.6 Å². The second-order valence-corrected chi connectivity index (χ2v) is 6.42. The van der Waals surface area contributed by atoms with Gasteiger partial charge < -0.3 is 15.6 Å². The fourth-order valence-corrected chi connectivity index (χ4v) is 3.65. The Morgan fingerprint density at radius 1 is 1.27 bits per heavy atom. The third-order valence-electron chi connectivity index (χ3n) is 4.84. The smallest absolute Gasteiger partial charge is 0.253 e. The van der Waals surface area contributed by atoms with Crippen molar-refractivity contribution in [3.8, 4) is 0 Å². The van der Waals surface area contributed by atoms with Crippen LogP contribution in [0.25, 0.3) is 10.9 Å². The number of nitrogens with zero attached hydrogens (tertiary/aromatic N) is 1. The number of aromatic amines is 1. The van der Waals surface area contributed by atoms with E-state index >= 15 is 0 Å². The zero-order valence-electron chi connectivity index (χ0n) is 14.2. The van der Waals surface area contributed by atoms with Gasteiger partial charge in [-0.25, -0.2) is 13.2 Å². The lowest BCUT2D eigenvalue weighted by Gasteiger charge is -2.33. The highest BCUT2D eigenvalue weighted by molar-refractivity contribution is 6.06. The first-order valence-corrected chi connectivity index (χ1v) is 8.17. The number of carbonyl (C=O) groups is 2. The summed E-state index contributed by atoms with van der Waals surface area (Å²) in [5.74, 6) is -5.60. The molecule has 2 amide bonds. The standard InChI is InChI=1S/C18H18F3N3O2/c1-3-10(25)24-6-4-5-9(7-24)11-12-14(19)8(2)23-17(12)13(18(22)26)16(21)15(11)20/h3,9,23H,1,4-7H2,2H3,(H2,22,26). The van der Waals surface area contributed by atoms with Crippen molar-refractivity contribution in [1.82, 2.24) is 9.88 Å². The number of nitrogens with one attached hydrogen (secondary N) is 1. The monoisotopic (exact) mass is 365 g/mol. The number of primary amides is 1. The molecule has 1 aliphatic rings. The molecule has 1 aromatic heterocycles. The molecule has 1 fully saturated rings. The zero-order valence-corrected chi connectivity index (χ0v) is 14.2. The summed E-state index contributed by atoms with van der Waals surface area (Å²) < 4.78 is 44.1. The Kier molecular flexibility index (Phi) is 4.52. The molecule has 2 aromatic rings. The van der Waals surface area contributed by atoms with Crippen molar-refractivity contribution < 1.29 is 22.8 Å². The third kappa shape index (κ3) is 2.65. The number of amides is 2. The van der Waals surface area contributed by atoms with Gasteiger partial charge in [-0.1, -0.05) is 6.58 Å². The van der Waals surface area contributed by atoms with Crippen molar-refractivity contribution in [2.45, 2.75) is 25.7 Å². The van der Waals surface area contributed by atoms with Crippen LogP contribution in [0.2, 0.25) is 0 Å². The minimum absolute atomic E-state index is 0.0450. The molecule has 138 valence electrons. The van der Waals surface area contributed by atoms with Gasteiger partial charge in [-0.05, 0) is 25.8 Å². The van der Waals surface area contributed by atoms with Crippen LogP contribution >= 0.6 is 0 Å². The molecule has 8 heteroatoms. The predicted octanol–water partition coefficient (Wildman–Crippen LogP) is 2.88. The number of likely N-dealkylation sites (tertiary alicyclic amines) is 1. The highest BCUT2D eigenvalue weighted by Crippen LogP contribution is 2.39. The first kappa shape index (κ1) is 18.0. The minimum atomic E-state index is -1.41. The lowest BCUT2D eigenvalue weighted by molar-refractivity contribution is -0.127. The summed E-state index contributed by atoms with van der Waals surface area (Å²) in [4.78, 5) is 27.5. The molecule has 1 atom stereocenters. The summed E-state index contributed by atoms with van der Waals surface area (Å²) in [5.41, 5.74) is 4.17. The van der Waals surface area contributed by atoms with Crippen molar-refractivity contribution in [1.29, 1.82) is 0 Å². The first-order valence-electron chi connectivity index (χ1n) is 8.17. The Balaban J connectivity index is 2.25. The van der Waals surface area contributed by atoms with Gasteiger partial charge in [-0.15, -0.1) is 0 Å². The van der Waals surface area contributed by atoms with E-state index in [-0.39, 0.29) is 34.6 Å². The van der Waals surface area contributed by atoms with Crippen LogP contribution in [0.5, 0.6) is 0 Å². The number of hydrogen-bond donors (Lipinski definition) is 2. The van der Waals surface area contributed by atoms with Crippen LogP contribution < -0.4 is 5.73 Å². The molecule has 0 spiro atoms. The normalized spacial score (nSPS) is 17.5. The summed E-state index contributed by atoms with van der Waals surface area (Å²) in [5, 5.41) is -0.187. The Morgan fingerprint density at radius 2 is 1.96 bits per heavy atom. The number of rotatable bonds is 3. The van der Waals surface area contributed by atoms with Crippen molar-refractivity contribution in [2.75, 3.05) is 13.1 Å². The van der Waals surface area contributed by atoms with E-state index in [0.29, 0.717) is 19.4 Å². The summed E-state index contributed by atoms with van der Waals surface area (Å²) in [6.07, 6.45) is 2.15. The van der Waals surface area contributed by atoms with Gasteiger partial charge in [-0.3, -0.25) is 9.59 Å². The van der Waals surface area contributed by atoms with E-state index in [4.69, 9.17) is 5.73 Å². The Labute approximate surface area is 147 Å². The van der Waals surface area contributed by atoms with E-state index in [1.165, 1.54) is 11.8 Å². The maximum Gasteiger partial charge on any atom is 0.253 e. The van der Waals surface area contributed by atoms with Gasteiger partial charge in [0.2, 0.25) is 5.91 Å². The highest BCUT2D eigenvalue weighted by atomic mass is 19.2. The van der Waals surface area contributed by atoms with E-state index in [1.807, 2.05) is 0 Å². The zero-order chi connectivity index (χ0) is 19.2. The maximum atomic E-state index is 14.8. The van der Waals surface area contributed by atoms with Gasteiger partial charge in [0.1, 0.15) is 5.56 Å². The van der Waals surface area contributed by atoms with Crippen molar-refractivity contribution in [3.63, 3.8) is 0 Å². The molecular formula is C18H18F3N3O2. The van der Waals surface area contributed by atoms with Crippen LogP contribution in [0, 0.1) is 24.4 Å². The van der Waals surface area contributed by atoms with Crippen LogP contribution in [0.4, 0.5) is 13.2 Å². The number of aromatic nitrogens is 1. The molecule has 0 aliphatic carbocycles. The average molecular weight is 365 g/mol. The maximum absolute atomic E-state index is 14.8. The molecule has 26 heavy (non-hydrogen) atoms. The Morgan fingerprint density at radius 3 is 2.58 bits per heavy atom. The topological polar surface area (TPSA) is 79.2 Å². The molecule has 3 rings (SSSR count). The number of carbonyl (C=O) groups excluding carboxylic acids is 2. The van der Waals surface area contributed by atoms with Gasteiger partial charge in [-0.2, -0.15) is 0 Å². The second-order valence-electron chi connectivity index (χ2n) is 6.42. The number of halogens is 3. The lowest BCUT2D eigenvalue weighted by Crippen LogP contribution is -2.38. The minimum Gasteiger partial charge on any atom is -0.365 e. The van der Waals surface area contributed by atoms with E-state index in [1.54, 1.807) is 0 Å². The van der Waals surface area contributed by atoms with Gasteiger partial charge >= 0.3 is 0 Å². The number of piperidine rings is 1. The quantitative estimate of drug-likeness (QED) is 0.821. The van der Waals surface area contributed by atoms with E-state index < -0.39 is 34.8 Å². The molecule has 1 unspecified atom stereocenters. The SMILES string of the molecule is C=CC(=O)N1CCCC(c2c(F)c(F)c(C(N)=O)c3[nH]c(C)c(F)c23)C1. The summed E-state index contributed by atoms with van der Waals surface area (Å²) >= 11 is 0. The van der Waals surface area contributed by atoms with Crippen LogP contribution in [-0.4, -0.2) is 34.8 Å². The van der Waals surface area contributed by atoms with Crippen molar-refractivity contribution in [2.24, 2.45) is 5.73 Å². The Bertz CT molecular complexity index is 936. The van der Waals surface area contributed by atoms with Crippen LogP contribution in [0.15, 0.2) is 12.7 Å².